The Bertz CT molecular complexity index is 753. The molecule has 0 N–H and O–H groups in total. The first-order valence-electron chi connectivity index (χ1n) is 6.84. The van der Waals surface area contributed by atoms with Crippen molar-refractivity contribution in [2.75, 3.05) is 6.26 Å². The van der Waals surface area contributed by atoms with Gasteiger partial charge in [0.05, 0.1) is 11.9 Å². The van der Waals surface area contributed by atoms with Gasteiger partial charge in [-0.1, -0.05) is 48.2 Å². The molecule has 0 atom stereocenters. The van der Waals surface area contributed by atoms with Crippen molar-refractivity contribution in [2.24, 2.45) is 5.10 Å². The van der Waals surface area contributed by atoms with Crippen molar-refractivity contribution in [1.82, 2.24) is 19.9 Å². The molecule has 0 aliphatic carbocycles. The maximum absolute atomic E-state index is 4.49. The molecule has 2 aromatic heterocycles. The molecule has 110 valence electrons. The Kier molecular flexibility index (Phi) is 4.60. The monoisotopic (exact) mass is 309 g/mol. The quantitative estimate of drug-likeness (QED) is 0.537. The summed E-state index contributed by atoms with van der Waals surface area (Å²) in [6.45, 7) is 0. The molecule has 0 aliphatic heterocycles. The van der Waals surface area contributed by atoms with Crippen LogP contribution < -0.4 is 0 Å². The second-order valence-electron chi connectivity index (χ2n) is 4.58. The summed E-state index contributed by atoms with van der Waals surface area (Å²) in [7, 11) is 0. The first-order chi connectivity index (χ1) is 10.9. The first-order valence-corrected chi connectivity index (χ1v) is 8.07. The Hall–Kier alpha value is -2.47. The van der Waals surface area contributed by atoms with Crippen LogP contribution in [0.25, 0.3) is 0 Å². The molecule has 6 heteroatoms. The number of aromatic nitrogens is 4. The molecule has 0 amide bonds. The van der Waals surface area contributed by atoms with Crippen LogP contribution in [0, 0.1) is 0 Å². The highest BCUT2D eigenvalue weighted by Crippen LogP contribution is 2.16. The van der Waals surface area contributed by atoms with Crippen LogP contribution in [0.2, 0.25) is 0 Å². The van der Waals surface area contributed by atoms with Crippen molar-refractivity contribution >= 4 is 18.0 Å². The average molecular weight is 309 g/mol. The maximum Gasteiger partial charge on any atom is 0.211 e. The number of pyridine rings is 1. The maximum atomic E-state index is 4.49. The van der Waals surface area contributed by atoms with Crippen LogP contribution in [0.5, 0.6) is 0 Å². The van der Waals surface area contributed by atoms with Gasteiger partial charge in [-0.15, -0.1) is 10.2 Å². The predicted molar refractivity (Wildman–Crippen MR) is 88.3 cm³/mol. The molecule has 0 spiro atoms. The minimum atomic E-state index is 0.688. The molecule has 1 aromatic carbocycles. The lowest BCUT2D eigenvalue weighted by Crippen LogP contribution is -2.01. The Morgan fingerprint density at radius 1 is 1.09 bits per heavy atom. The number of nitrogens with zero attached hydrogens (tertiary/aromatic N) is 5. The summed E-state index contributed by atoms with van der Waals surface area (Å²) in [4.78, 5) is 4.24. The number of benzene rings is 1. The van der Waals surface area contributed by atoms with E-state index in [2.05, 4.69) is 32.4 Å². The van der Waals surface area contributed by atoms with Gasteiger partial charge in [-0.25, -0.2) is 0 Å². The molecule has 0 saturated carbocycles. The summed E-state index contributed by atoms with van der Waals surface area (Å²) in [5.74, 6) is 0.808. The molecule has 3 aromatic rings. The van der Waals surface area contributed by atoms with Crippen LogP contribution in [0.15, 0.2) is 65.0 Å². The van der Waals surface area contributed by atoms with Crippen molar-refractivity contribution in [3.05, 3.63) is 71.8 Å². The molecule has 0 aliphatic rings. The molecule has 22 heavy (non-hydrogen) atoms. The Labute approximate surface area is 133 Å². The van der Waals surface area contributed by atoms with Gasteiger partial charge >= 0.3 is 0 Å². The van der Waals surface area contributed by atoms with Gasteiger partial charge in [0, 0.05) is 12.6 Å². The summed E-state index contributed by atoms with van der Waals surface area (Å²) in [5, 5.41) is 13.7. The van der Waals surface area contributed by atoms with E-state index in [9.17, 15) is 0 Å². The van der Waals surface area contributed by atoms with E-state index in [-0.39, 0.29) is 0 Å². The minimum Gasteiger partial charge on any atom is -0.255 e. The molecule has 2 heterocycles. The van der Waals surface area contributed by atoms with Gasteiger partial charge in [-0.3, -0.25) is 4.98 Å². The summed E-state index contributed by atoms with van der Waals surface area (Å²) >= 11 is 1.52. The van der Waals surface area contributed by atoms with E-state index >= 15 is 0 Å². The van der Waals surface area contributed by atoms with E-state index in [0.717, 1.165) is 16.7 Å². The van der Waals surface area contributed by atoms with Gasteiger partial charge in [-0.05, 0) is 24.0 Å². The first kappa shape index (κ1) is 14.5. The van der Waals surface area contributed by atoms with Crippen LogP contribution in [0.1, 0.15) is 17.1 Å². The molecule has 3 rings (SSSR count). The second-order valence-corrected chi connectivity index (χ2v) is 5.35. The fourth-order valence-corrected chi connectivity index (χ4v) is 2.44. The topological polar surface area (TPSA) is 56.0 Å². The molecule has 5 nitrogen and oxygen atoms in total. The van der Waals surface area contributed by atoms with Crippen LogP contribution in [0.3, 0.4) is 0 Å². The van der Waals surface area contributed by atoms with Gasteiger partial charge in [0.2, 0.25) is 5.16 Å². The lowest BCUT2D eigenvalue weighted by Gasteiger charge is -2.03. The molecular formula is C16H15N5S. The zero-order chi connectivity index (χ0) is 15.2. The van der Waals surface area contributed by atoms with Gasteiger partial charge < -0.3 is 0 Å². The van der Waals surface area contributed by atoms with E-state index in [0.29, 0.717) is 6.42 Å². The third-order valence-corrected chi connectivity index (χ3v) is 3.68. The fraction of sp³-hybridized carbons (Fsp3) is 0.125. The summed E-state index contributed by atoms with van der Waals surface area (Å²) in [6, 6.07) is 15.9. The van der Waals surface area contributed by atoms with Crippen molar-refractivity contribution in [3.63, 3.8) is 0 Å². The van der Waals surface area contributed by atoms with E-state index in [4.69, 9.17) is 0 Å². The smallest absolute Gasteiger partial charge is 0.211 e. The molecule has 0 saturated heterocycles. The predicted octanol–water partition coefficient (Wildman–Crippen LogP) is 2.87. The van der Waals surface area contributed by atoms with Gasteiger partial charge in [0.15, 0.2) is 5.82 Å². The summed E-state index contributed by atoms with van der Waals surface area (Å²) in [5.41, 5.74) is 1.98. The standard InChI is InChI=1S/C16H15N5S/c1-22-16-20-19-15(11-13-7-3-2-4-8-13)21(16)18-12-14-9-5-6-10-17-14/h2-10,12H,11H2,1H3/b18-12-. The molecular weight excluding hydrogens is 294 g/mol. The van der Waals surface area contributed by atoms with Crippen molar-refractivity contribution < 1.29 is 0 Å². The minimum absolute atomic E-state index is 0.688. The van der Waals surface area contributed by atoms with Crippen molar-refractivity contribution in [2.45, 2.75) is 11.6 Å². The summed E-state index contributed by atoms with van der Waals surface area (Å²) < 4.78 is 1.77. The summed E-state index contributed by atoms with van der Waals surface area (Å²) in [6.07, 6.45) is 6.11. The normalized spacial score (nSPS) is 11.1. The van der Waals surface area contributed by atoms with Gasteiger partial charge in [0.25, 0.3) is 0 Å². The third-order valence-electron chi connectivity index (χ3n) is 3.06. The van der Waals surface area contributed by atoms with Crippen LogP contribution >= 0.6 is 11.8 Å². The van der Waals surface area contributed by atoms with E-state index < -0.39 is 0 Å². The van der Waals surface area contributed by atoms with Crippen LogP contribution in [-0.2, 0) is 6.42 Å². The average Bonchev–Trinajstić information content (AvgIpc) is 2.96. The highest BCUT2D eigenvalue weighted by atomic mass is 32.2. The SMILES string of the molecule is CSc1nnc(Cc2ccccc2)n1/N=C\c1ccccn1. The Balaban J connectivity index is 1.89. The van der Waals surface area contributed by atoms with Gasteiger partial charge in [-0.2, -0.15) is 9.78 Å². The lowest BCUT2D eigenvalue weighted by atomic mass is 10.1. The fourth-order valence-electron chi connectivity index (χ4n) is 2.00. The number of thioether (sulfide) groups is 1. The molecule has 0 fully saturated rings. The lowest BCUT2D eigenvalue weighted by molar-refractivity contribution is 0.729. The number of rotatable bonds is 5. The van der Waals surface area contributed by atoms with E-state index in [1.165, 1.54) is 17.3 Å². The van der Waals surface area contributed by atoms with Crippen molar-refractivity contribution in [1.29, 1.82) is 0 Å². The largest absolute Gasteiger partial charge is 0.255 e. The highest BCUT2D eigenvalue weighted by molar-refractivity contribution is 7.98. The van der Waals surface area contributed by atoms with Crippen molar-refractivity contribution in [3.8, 4) is 0 Å². The molecule has 0 radical (unpaired) electrons. The zero-order valence-corrected chi connectivity index (χ0v) is 12.9. The molecule has 0 unspecified atom stereocenters. The third kappa shape index (κ3) is 3.40. The number of hydrogen-bond acceptors (Lipinski definition) is 5. The van der Waals surface area contributed by atoms with Gasteiger partial charge in [0.1, 0.15) is 0 Å². The Morgan fingerprint density at radius 2 is 1.91 bits per heavy atom. The number of hydrogen-bond donors (Lipinski definition) is 0. The van der Waals surface area contributed by atoms with Crippen LogP contribution in [-0.4, -0.2) is 32.3 Å². The zero-order valence-electron chi connectivity index (χ0n) is 12.1. The molecule has 0 bridgehead atoms. The second kappa shape index (κ2) is 7.00. The van der Waals surface area contributed by atoms with E-state index in [1.54, 1.807) is 17.1 Å². The van der Waals surface area contributed by atoms with E-state index in [1.807, 2.05) is 42.7 Å². The highest BCUT2D eigenvalue weighted by Gasteiger charge is 2.11. The van der Waals surface area contributed by atoms with Crippen LogP contribution in [0.4, 0.5) is 0 Å². The Morgan fingerprint density at radius 3 is 2.64 bits per heavy atom.